The molecule has 0 saturated carbocycles. The van der Waals surface area contributed by atoms with Crippen LogP contribution < -0.4 is 5.32 Å². The van der Waals surface area contributed by atoms with Gasteiger partial charge in [-0.15, -0.1) is 0 Å². The Balaban J connectivity index is 1.90. The van der Waals surface area contributed by atoms with Crippen LogP contribution in [0.4, 0.5) is 0 Å². The molecule has 196 valence electrons. The number of carbonyl (C=O) groups excluding carboxylic acids is 2. The fraction of sp³-hybridized carbons (Fsp3) is 0.394. The van der Waals surface area contributed by atoms with Gasteiger partial charge in [-0.3, -0.25) is 9.59 Å². The van der Waals surface area contributed by atoms with Crippen LogP contribution in [0, 0.1) is 6.92 Å². The SMILES string of the molecule is CC[C@@H](C)NC(=O)[C@H](Cc1ccccc1)N(Cc1ccccc1C)C(=O)CCc1ccc(C(C)C)cc1. The maximum Gasteiger partial charge on any atom is 0.243 e. The second kappa shape index (κ2) is 13.8. The molecule has 4 heteroatoms. The first kappa shape index (κ1) is 28.2. The van der Waals surface area contributed by atoms with Crippen LogP contribution in [0.1, 0.15) is 74.3 Å². The van der Waals surface area contributed by atoms with Crippen LogP contribution in [-0.2, 0) is 29.0 Å². The maximum absolute atomic E-state index is 13.8. The lowest BCUT2D eigenvalue weighted by Gasteiger charge is -2.33. The quantitative estimate of drug-likeness (QED) is 0.306. The van der Waals surface area contributed by atoms with Gasteiger partial charge in [-0.25, -0.2) is 0 Å². The summed E-state index contributed by atoms with van der Waals surface area (Å²) in [5.41, 5.74) is 5.65. The highest BCUT2D eigenvalue weighted by Gasteiger charge is 2.31. The van der Waals surface area contributed by atoms with E-state index >= 15 is 0 Å². The monoisotopic (exact) mass is 498 g/mol. The summed E-state index contributed by atoms with van der Waals surface area (Å²) in [7, 11) is 0. The van der Waals surface area contributed by atoms with E-state index in [0.29, 0.717) is 31.7 Å². The van der Waals surface area contributed by atoms with E-state index in [1.54, 1.807) is 4.90 Å². The molecule has 0 radical (unpaired) electrons. The Labute approximate surface area is 223 Å². The molecular weight excluding hydrogens is 456 g/mol. The summed E-state index contributed by atoms with van der Waals surface area (Å²) in [6.07, 6.45) is 2.31. The van der Waals surface area contributed by atoms with E-state index < -0.39 is 6.04 Å². The van der Waals surface area contributed by atoms with Gasteiger partial charge in [0.1, 0.15) is 6.04 Å². The number of nitrogens with one attached hydrogen (secondary N) is 1. The molecule has 0 saturated heterocycles. The number of carbonyl (C=O) groups is 2. The van der Waals surface area contributed by atoms with Crippen LogP contribution in [0.25, 0.3) is 0 Å². The van der Waals surface area contributed by atoms with Crippen LogP contribution in [0.2, 0.25) is 0 Å². The van der Waals surface area contributed by atoms with Gasteiger partial charge in [0, 0.05) is 25.4 Å². The minimum atomic E-state index is -0.591. The third kappa shape index (κ3) is 8.31. The number of nitrogens with zero attached hydrogens (tertiary/aromatic N) is 1. The van der Waals surface area contributed by atoms with Crippen molar-refractivity contribution in [1.82, 2.24) is 10.2 Å². The highest BCUT2D eigenvalue weighted by molar-refractivity contribution is 5.88. The van der Waals surface area contributed by atoms with Crippen LogP contribution in [0.3, 0.4) is 0 Å². The Bertz CT molecular complexity index is 1140. The van der Waals surface area contributed by atoms with Crippen LogP contribution >= 0.6 is 0 Å². The number of aryl methyl sites for hydroxylation is 2. The van der Waals surface area contributed by atoms with Crippen LogP contribution in [-0.4, -0.2) is 28.8 Å². The molecule has 3 aromatic rings. The first-order valence-corrected chi connectivity index (χ1v) is 13.6. The molecule has 4 nitrogen and oxygen atoms in total. The van der Waals surface area contributed by atoms with E-state index in [2.05, 4.69) is 63.3 Å². The van der Waals surface area contributed by atoms with Crippen molar-refractivity contribution in [2.45, 2.75) is 84.8 Å². The molecule has 37 heavy (non-hydrogen) atoms. The first-order valence-electron chi connectivity index (χ1n) is 13.6. The number of benzene rings is 3. The zero-order chi connectivity index (χ0) is 26.8. The molecule has 0 aliphatic carbocycles. The van der Waals surface area contributed by atoms with E-state index in [9.17, 15) is 9.59 Å². The lowest BCUT2D eigenvalue weighted by Crippen LogP contribution is -2.52. The van der Waals surface area contributed by atoms with Gasteiger partial charge in [-0.05, 0) is 60.4 Å². The minimum absolute atomic E-state index is 0.00331. The maximum atomic E-state index is 13.8. The van der Waals surface area contributed by atoms with Crippen molar-refractivity contribution in [1.29, 1.82) is 0 Å². The van der Waals surface area contributed by atoms with Crippen molar-refractivity contribution >= 4 is 11.8 Å². The molecule has 2 amide bonds. The van der Waals surface area contributed by atoms with Gasteiger partial charge < -0.3 is 10.2 Å². The van der Waals surface area contributed by atoms with Gasteiger partial charge in [-0.2, -0.15) is 0 Å². The zero-order valence-electron chi connectivity index (χ0n) is 23.0. The van der Waals surface area contributed by atoms with Gasteiger partial charge in [0.2, 0.25) is 11.8 Å². The fourth-order valence-electron chi connectivity index (χ4n) is 4.43. The van der Waals surface area contributed by atoms with Crippen LogP contribution in [0.15, 0.2) is 78.9 Å². The molecule has 1 N–H and O–H groups in total. The van der Waals surface area contributed by atoms with Gasteiger partial charge in [-0.1, -0.05) is 99.6 Å². The van der Waals surface area contributed by atoms with E-state index in [4.69, 9.17) is 0 Å². The first-order chi connectivity index (χ1) is 17.8. The van der Waals surface area contributed by atoms with Gasteiger partial charge in [0.15, 0.2) is 0 Å². The van der Waals surface area contributed by atoms with Gasteiger partial charge in [0.25, 0.3) is 0 Å². The van der Waals surface area contributed by atoms with E-state index in [1.807, 2.05) is 55.5 Å². The average molecular weight is 499 g/mol. The summed E-state index contributed by atoms with van der Waals surface area (Å²) in [4.78, 5) is 29.3. The Morgan fingerprint density at radius 2 is 1.49 bits per heavy atom. The summed E-state index contributed by atoms with van der Waals surface area (Å²) >= 11 is 0. The van der Waals surface area contributed by atoms with Crippen molar-refractivity contribution < 1.29 is 9.59 Å². The Morgan fingerprint density at radius 3 is 2.11 bits per heavy atom. The van der Waals surface area contributed by atoms with E-state index in [0.717, 1.165) is 28.7 Å². The predicted octanol–water partition coefficient (Wildman–Crippen LogP) is 6.61. The Morgan fingerprint density at radius 1 is 0.838 bits per heavy atom. The molecule has 3 aromatic carbocycles. The lowest BCUT2D eigenvalue weighted by molar-refractivity contribution is -0.141. The number of rotatable bonds is 12. The highest BCUT2D eigenvalue weighted by Crippen LogP contribution is 2.20. The second-order valence-corrected chi connectivity index (χ2v) is 10.4. The third-order valence-corrected chi connectivity index (χ3v) is 7.15. The molecular formula is C33H42N2O2. The van der Waals surface area contributed by atoms with Crippen LogP contribution in [0.5, 0.6) is 0 Å². The molecule has 0 spiro atoms. The lowest BCUT2D eigenvalue weighted by atomic mass is 9.99. The van der Waals surface area contributed by atoms with Crippen molar-refractivity contribution in [2.75, 3.05) is 0 Å². The second-order valence-electron chi connectivity index (χ2n) is 10.4. The number of hydrogen-bond donors (Lipinski definition) is 1. The standard InChI is InChI=1S/C33H42N2O2/c1-6-26(5)34-33(37)31(22-28-13-8-7-9-14-28)35(23-30-15-11-10-12-25(30)4)32(36)21-18-27-16-19-29(20-17-27)24(2)3/h7-17,19-20,24,26,31H,6,18,21-23H2,1-5H3,(H,34,37)/t26-,31+/m1/s1. The molecule has 3 rings (SSSR count). The zero-order valence-corrected chi connectivity index (χ0v) is 23.0. The molecule has 0 aromatic heterocycles. The topological polar surface area (TPSA) is 49.4 Å². The summed E-state index contributed by atoms with van der Waals surface area (Å²) in [6, 6.07) is 26.1. The predicted molar refractivity (Wildman–Crippen MR) is 152 cm³/mol. The van der Waals surface area contributed by atoms with Crippen molar-refractivity contribution in [2.24, 2.45) is 0 Å². The largest absolute Gasteiger partial charge is 0.352 e. The normalized spacial score (nSPS) is 12.7. The third-order valence-electron chi connectivity index (χ3n) is 7.15. The summed E-state index contributed by atoms with van der Waals surface area (Å²) < 4.78 is 0. The average Bonchev–Trinajstić information content (AvgIpc) is 2.90. The fourth-order valence-corrected chi connectivity index (χ4v) is 4.43. The summed E-state index contributed by atoms with van der Waals surface area (Å²) in [6.45, 7) is 10.9. The van der Waals surface area contributed by atoms with E-state index in [1.165, 1.54) is 5.56 Å². The molecule has 2 atom stereocenters. The van der Waals surface area contributed by atoms with Crippen molar-refractivity contribution in [3.05, 3.63) is 107 Å². The molecule has 0 heterocycles. The van der Waals surface area contributed by atoms with Gasteiger partial charge >= 0.3 is 0 Å². The van der Waals surface area contributed by atoms with Gasteiger partial charge in [0.05, 0.1) is 0 Å². The van der Waals surface area contributed by atoms with Crippen molar-refractivity contribution in [3.63, 3.8) is 0 Å². The number of hydrogen-bond acceptors (Lipinski definition) is 2. The van der Waals surface area contributed by atoms with Crippen molar-refractivity contribution in [3.8, 4) is 0 Å². The molecule has 0 bridgehead atoms. The Hall–Kier alpha value is -3.40. The van der Waals surface area contributed by atoms with E-state index in [-0.39, 0.29) is 17.9 Å². The molecule has 0 unspecified atom stereocenters. The highest BCUT2D eigenvalue weighted by atomic mass is 16.2. The number of amides is 2. The molecule has 0 fully saturated rings. The minimum Gasteiger partial charge on any atom is -0.352 e. The summed E-state index contributed by atoms with van der Waals surface area (Å²) in [5, 5.41) is 3.14. The smallest absolute Gasteiger partial charge is 0.243 e. The molecule has 0 aliphatic heterocycles. The Kier molecular flexibility index (Phi) is 10.5. The summed E-state index contributed by atoms with van der Waals surface area (Å²) in [5.74, 6) is 0.376. The molecule has 0 aliphatic rings.